The number of fused-ring (bicyclic) bond motifs is 2. The van der Waals surface area contributed by atoms with Crippen molar-refractivity contribution in [2.24, 2.45) is 0 Å². The standard InChI is InChI=1S/C31H34F2N6O3S.C15H15ClF2N2/c1-20-30(29-25(33)16-22(32)17-27(29)36-31(20)39-9-4-3-5-10-39)35-26-18-28(38-11-13-42-14-12-38)34-19-24(26)21-7-6-8-23(15-21)37-43(2,40)41;1-9-14(16)13-11(18)7-10(17)8-12(13)19-15(9)20-5-3-2-4-6-20/h6-8,15-19,37H,3-5,9-14H2,1-2H3,(H,34,35,36);7-8H,2-6H2,1H3. The largest absolute Gasteiger partial charge is 0.378 e. The predicted octanol–water partition coefficient (Wildman–Crippen LogP) is 10.3. The molecule has 0 atom stereocenters. The van der Waals surface area contributed by atoms with Crippen LogP contribution in [-0.2, 0) is 14.8 Å². The fourth-order valence-electron chi connectivity index (χ4n) is 8.57. The second kappa shape index (κ2) is 18.7. The van der Waals surface area contributed by atoms with Gasteiger partial charge in [0.25, 0.3) is 0 Å². The second-order valence-electron chi connectivity index (χ2n) is 16.2. The molecule has 6 aromatic rings. The Morgan fingerprint density at radius 1 is 0.698 bits per heavy atom. The number of ether oxygens (including phenoxy) is 1. The lowest BCUT2D eigenvalue weighted by Gasteiger charge is -2.31. The van der Waals surface area contributed by atoms with Crippen LogP contribution in [0.3, 0.4) is 0 Å². The van der Waals surface area contributed by atoms with Crippen LogP contribution in [0.25, 0.3) is 32.9 Å². The van der Waals surface area contributed by atoms with E-state index in [4.69, 9.17) is 26.3 Å². The number of sulfonamides is 1. The summed E-state index contributed by atoms with van der Waals surface area (Å²) in [7, 11) is -3.49. The number of rotatable bonds is 8. The summed E-state index contributed by atoms with van der Waals surface area (Å²) in [5.74, 6) is -0.528. The summed E-state index contributed by atoms with van der Waals surface area (Å²) in [5.41, 5.74) is 4.94. The van der Waals surface area contributed by atoms with E-state index >= 15 is 4.39 Å². The number of nitrogens with one attached hydrogen (secondary N) is 2. The Labute approximate surface area is 369 Å². The Balaban J connectivity index is 0.000000226. The maximum Gasteiger partial charge on any atom is 0.229 e. The van der Waals surface area contributed by atoms with Crippen molar-refractivity contribution >= 4 is 77.9 Å². The average molecular weight is 905 g/mol. The Kier molecular flexibility index (Phi) is 13.1. The molecule has 0 aliphatic carbocycles. The van der Waals surface area contributed by atoms with Crippen LogP contribution in [0.2, 0.25) is 5.02 Å². The molecule has 3 aromatic heterocycles. The number of aromatic nitrogens is 3. The lowest BCUT2D eigenvalue weighted by Crippen LogP contribution is -2.36. The highest BCUT2D eigenvalue weighted by Crippen LogP contribution is 2.41. The maximum atomic E-state index is 15.5. The molecule has 0 amide bonds. The number of hydrogen-bond acceptors (Lipinski definition) is 10. The SMILES string of the molecule is Cc1c(N2CCCCC2)nc2cc(F)cc(F)c2c1Cl.Cc1c(N2CCCCC2)nc2cc(F)cc(F)c2c1Nc1cc(N2CCOCC2)ncc1-c1cccc(NS(C)(=O)=O)c1. The topological polar surface area (TPSA) is 116 Å². The van der Waals surface area contributed by atoms with Crippen LogP contribution in [0.1, 0.15) is 49.7 Å². The Morgan fingerprint density at radius 3 is 1.87 bits per heavy atom. The van der Waals surface area contributed by atoms with Gasteiger partial charge in [-0.3, -0.25) is 4.72 Å². The van der Waals surface area contributed by atoms with Crippen LogP contribution in [0.4, 0.5) is 52.1 Å². The molecule has 2 N–H and O–H groups in total. The number of pyridine rings is 3. The number of anilines is 6. The first-order valence-electron chi connectivity index (χ1n) is 21.2. The van der Waals surface area contributed by atoms with Crippen LogP contribution in [0.5, 0.6) is 0 Å². The Hall–Kier alpha value is -5.45. The van der Waals surface area contributed by atoms with Crippen molar-refractivity contribution in [3.63, 3.8) is 0 Å². The number of piperidine rings is 2. The first-order valence-corrected chi connectivity index (χ1v) is 23.4. The summed E-state index contributed by atoms with van der Waals surface area (Å²) < 4.78 is 89.1. The third-order valence-corrected chi connectivity index (χ3v) is 12.7. The van der Waals surface area contributed by atoms with E-state index in [0.29, 0.717) is 65.3 Å². The molecular formula is C46H49ClF4N8O3S. The van der Waals surface area contributed by atoms with Crippen LogP contribution in [0.15, 0.2) is 60.8 Å². The van der Waals surface area contributed by atoms with Gasteiger partial charge in [-0.25, -0.2) is 40.9 Å². The van der Waals surface area contributed by atoms with Gasteiger partial charge in [-0.05, 0) is 70.1 Å². The minimum Gasteiger partial charge on any atom is -0.378 e. The highest BCUT2D eigenvalue weighted by atomic mass is 35.5. The molecule has 3 aliphatic heterocycles. The predicted molar refractivity (Wildman–Crippen MR) is 244 cm³/mol. The third kappa shape index (κ3) is 9.87. The highest BCUT2D eigenvalue weighted by molar-refractivity contribution is 7.92. The molecule has 63 heavy (non-hydrogen) atoms. The summed E-state index contributed by atoms with van der Waals surface area (Å²) >= 11 is 6.28. The zero-order valence-corrected chi connectivity index (χ0v) is 37.0. The lowest BCUT2D eigenvalue weighted by molar-refractivity contribution is 0.122. The molecule has 9 rings (SSSR count). The van der Waals surface area contributed by atoms with Crippen molar-refractivity contribution in [3.05, 3.63) is 100 Å². The van der Waals surface area contributed by atoms with E-state index in [-0.39, 0.29) is 21.8 Å². The lowest BCUT2D eigenvalue weighted by atomic mass is 10.0. The van der Waals surface area contributed by atoms with Crippen molar-refractivity contribution < 1.29 is 30.7 Å². The van der Waals surface area contributed by atoms with Gasteiger partial charge in [0.15, 0.2) is 0 Å². The van der Waals surface area contributed by atoms with Gasteiger partial charge in [0.05, 0.1) is 57.7 Å². The fourth-order valence-corrected chi connectivity index (χ4v) is 9.39. The van der Waals surface area contributed by atoms with Gasteiger partial charge in [0, 0.05) is 98.2 Å². The van der Waals surface area contributed by atoms with Crippen molar-refractivity contribution in [2.45, 2.75) is 52.4 Å². The smallest absolute Gasteiger partial charge is 0.229 e. The molecule has 6 heterocycles. The van der Waals surface area contributed by atoms with Gasteiger partial charge in [-0.1, -0.05) is 23.7 Å². The van der Waals surface area contributed by atoms with Crippen LogP contribution in [0, 0.1) is 37.1 Å². The van der Waals surface area contributed by atoms with E-state index in [1.165, 1.54) is 18.6 Å². The maximum absolute atomic E-state index is 15.5. The molecule has 0 saturated carbocycles. The Bertz CT molecular complexity index is 2780. The van der Waals surface area contributed by atoms with E-state index in [1.54, 1.807) is 24.4 Å². The second-order valence-corrected chi connectivity index (χ2v) is 18.4. The fraction of sp³-hybridized carbons (Fsp3) is 0.370. The van der Waals surface area contributed by atoms with Gasteiger partial charge < -0.3 is 24.8 Å². The zero-order valence-electron chi connectivity index (χ0n) is 35.4. The summed E-state index contributed by atoms with van der Waals surface area (Å²) in [5, 5.41) is 4.23. The number of halogens is 5. The van der Waals surface area contributed by atoms with Crippen LogP contribution >= 0.6 is 11.6 Å². The van der Waals surface area contributed by atoms with Gasteiger partial charge in [0.1, 0.15) is 40.7 Å². The van der Waals surface area contributed by atoms with Gasteiger partial charge in [-0.15, -0.1) is 0 Å². The molecule has 11 nitrogen and oxygen atoms in total. The molecular weight excluding hydrogens is 856 g/mol. The summed E-state index contributed by atoms with van der Waals surface area (Å²) in [6.45, 7) is 9.69. The van der Waals surface area contributed by atoms with Crippen molar-refractivity contribution in [1.29, 1.82) is 0 Å². The van der Waals surface area contributed by atoms with Crippen LogP contribution in [-0.4, -0.2) is 82.1 Å². The van der Waals surface area contributed by atoms with Gasteiger partial charge in [0.2, 0.25) is 10.0 Å². The van der Waals surface area contributed by atoms with Crippen molar-refractivity contribution in [1.82, 2.24) is 15.0 Å². The molecule has 3 aliphatic rings. The molecule has 3 fully saturated rings. The molecule has 0 radical (unpaired) electrons. The van der Waals surface area contributed by atoms with Gasteiger partial charge >= 0.3 is 0 Å². The number of morpholine rings is 1. The molecule has 332 valence electrons. The molecule has 3 aromatic carbocycles. The molecule has 3 saturated heterocycles. The summed E-state index contributed by atoms with van der Waals surface area (Å²) in [6, 6.07) is 13.1. The van der Waals surface area contributed by atoms with Crippen LogP contribution < -0.4 is 24.7 Å². The number of benzene rings is 3. The van der Waals surface area contributed by atoms with E-state index < -0.39 is 33.3 Å². The van der Waals surface area contributed by atoms with Crippen molar-refractivity contribution in [3.8, 4) is 11.1 Å². The van der Waals surface area contributed by atoms with E-state index in [0.717, 1.165) is 99.4 Å². The minimum atomic E-state index is -3.49. The molecule has 17 heteroatoms. The molecule has 0 bridgehead atoms. The molecule has 0 spiro atoms. The first-order chi connectivity index (χ1) is 30.2. The quantitative estimate of drug-likeness (QED) is 0.143. The molecule has 0 unspecified atom stereocenters. The summed E-state index contributed by atoms with van der Waals surface area (Å²) in [4.78, 5) is 20.4. The van der Waals surface area contributed by atoms with Gasteiger partial charge in [-0.2, -0.15) is 0 Å². The van der Waals surface area contributed by atoms with E-state index in [9.17, 15) is 21.6 Å². The Morgan fingerprint density at radius 2 is 1.27 bits per heavy atom. The number of hydrogen-bond donors (Lipinski definition) is 2. The highest BCUT2D eigenvalue weighted by Gasteiger charge is 2.24. The first kappa shape index (κ1) is 44.2. The summed E-state index contributed by atoms with van der Waals surface area (Å²) in [6.07, 6.45) is 9.43. The third-order valence-electron chi connectivity index (χ3n) is 11.6. The normalized spacial score (nSPS) is 16.0. The monoisotopic (exact) mass is 904 g/mol. The average Bonchev–Trinajstić information content (AvgIpc) is 3.26. The zero-order chi connectivity index (χ0) is 44.4. The van der Waals surface area contributed by atoms with E-state index in [2.05, 4.69) is 29.7 Å². The van der Waals surface area contributed by atoms with Crippen molar-refractivity contribution in [2.75, 3.05) is 83.5 Å². The van der Waals surface area contributed by atoms with E-state index in [1.807, 2.05) is 26.0 Å². The minimum absolute atomic E-state index is 0.197. The number of nitrogens with zero attached hydrogens (tertiary/aromatic N) is 6.